The number of hydrogen-bond acceptors (Lipinski definition) is 4. The van der Waals surface area contributed by atoms with Gasteiger partial charge in [-0.25, -0.2) is 8.42 Å². The molecule has 1 atom stereocenters. The zero-order valence-corrected chi connectivity index (χ0v) is 15.0. The standard InChI is InChI=1S/C16H25N3O3S/c1-13-5-7-15(8-6-13)19(23(4,21)22)14(2)16(20)18-11-9-17(3)10-12-18/h5-8,14H,9-12H2,1-4H3/t14-/m1/s1. The molecule has 0 aliphatic carbocycles. The lowest BCUT2D eigenvalue weighted by atomic mass is 10.2. The van der Waals surface area contributed by atoms with Crippen molar-refractivity contribution in [2.45, 2.75) is 19.9 Å². The van der Waals surface area contributed by atoms with Crippen molar-refractivity contribution in [3.63, 3.8) is 0 Å². The summed E-state index contributed by atoms with van der Waals surface area (Å²) in [5.41, 5.74) is 1.56. The van der Waals surface area contributed by atoms with Gasteiger partial charge in [0.25, 0.3) is 0 Å². The Balaban J connectivity index is 2.25. The number of carbonyl (C=O) groups is 1. The number of anilines is 1. The first-order valence-electron chi connectivity index (χ1n) is 7.73. The Labute approximate surface area is 138 Å². The number of benzene rings is 1. The van der Waals surface area contributed by atoms with Crippen molar-refractivity contribution in [2.24, 2.45) is 0 Å². The van der Waals surface area contributed by atoms with Gasteiger partial charge in [0.05, 0.1) is 11.9 Å². The number of rotatable bonds is 4. The van der Waals surface area contributed by atoms with E-state index in [0.29, 0.717) is 18.8 Å². The van der Waals surface area contributed by atoms with Crippen LogP contribution < -0.4 is 4.31 Å². The van der Waals surface area contributed by atoms with Crippen LogP contribution in [0.5, 0.6) is 0 Å². The summed E-state index contributed by atoms with van der Waals surface area (Å²) in [5, 5.41) is 0. The molecule has 7 heteroatoms. The molecule has 0 bridgehead atoms. The molecule has 1 amide bonds. The topological polar surface area (TPSA) is 60.9 Å². The molecule has 1 heterocycles. The van der Waals surface area contributed by atoms with Gasteiger partial charge in [-0.1, -0.05) is 17.7 Å². The molecule has 0 spiro atoms. The van der Waals surface area contributed by atoms with E-state index in [9.17, 15) is 13.2 Å². The molecule has 0 aromatic heterocycles. The summed E-state index contributed by atoms with van der Waals surface area (Å²) in [6.45, 7) is 6.47. The lowest BCUT2D eigenvalue weighted by Gasteiger charge is -2.36. The van der Waals surface area contributed by atoms with Crippen LogP contribution in [0.25, 0.3) is 0 Å². The lowest BCUT2D eigenvalue weighted by molar-refractivity contribution is -0.133. The van der Waals surface area contributed by atoms with Gasteiger partial charge in [0.15, 0.2) is 0 Å². The molecule has 1 fully saturated rings. The Kier molecular flexibility index (Phi) is 5.31. The predicted molar refractivity (Wildman–Crippen MR) is 92.0 cm³/mol. The third-order valence-electron chi connectivity index (χ3n) is 4.17. The SMILES string of the molecule is Cc1ccc(N([C@H](C)C(=O)N2CCN(C)CC2)S(C)(=O)=O)cc1. The molecule has 1 saturated heterocycles. The Bertz CT molecular complexity index is 650. The van der Waals surface area contributed by atoms with Gasteiger partial charge in [-0.15, -0.1) is 0 Å². The molecule has 1 aliphatic rings. The van der Waals surface area contributed by atoms with Crippen LogP contribution in [0.2, 0.25) is 0 Å². The summed E-state index contributed by atoms with van der Waals surface area (Å²) in [4.78, 5) is 16.6. The highest BCUT2D eigenvalue weighted by Crippen LogP contribution is 2.22. The van der Waals surface area contributed by atoms with E-state index in [4.69, 9.17) is 0 Å². The molecule has 128 valence electrons. The summed E-state index contributed by atoms with van der Waals surface area (Å²) in [6.07, 6.45) is 1.14. The van der Waals surface area contributed by atoms with E-state index in [2.05, 4.69) is 4.90 Å². The summed E-state index contributed by atoms with van der Waals surface area (Å²) in [5.74, 6) is -0.149. The van der Waals surface area contributed by atoms with Crippen molar-refractivity contribution in [1.82, 2.24) is 9.80 Å². The van der Waals surface area contributed by atoms with Gasteiger partial charge in [-0.3, -0.25) is 9.10 Å². The Morgan fingerprint density at radius 2 is 1.65 bits per heavy atom. The van der Waals surface area contributed by atoms with Crippen LogP contribution in [0, 0.1) is 6.92 Å². The van der Waals surface area contributed by atoms with Crippen molar-refractivity contribution >= 4 is 21.6 Å². The molecule has 0 saturated carbocycles. The fourth-order valence-corrected chi connectivity index (χ4v) is 3.95. The molecular formula is C16H25N3O3S. The van der Waals surface area contributed by atoms with Crippen LogP contribution in [-0.4, -0.2) is 69.6 Å². The van der Waals surface area contributed by atoms with Crippen molar-refractivity contribution in [1.29, 1.82) is 0 Å². The maximum atomic E-state index is 12.7. The Morgan fingerprint density at radius 3 is 2.13 bits per heavy atom. The molecular weight excluding hydrogens is 314 g/mol. The maximum absolute atomic E-state index is 12.7. The highest BCUT2D eigenvalue weighted by molar-refractivity contribution is 7.92. The van der Waals surface area contributed by atoms with Crippen LogP contribution in [0.3, 0.4) is 0 Å². The fraction of sp³-hybridized carbons (Fsp3) is 0.562. The summed E-state index contributed by atoms with van der Waals surface area (Å²) >= 11 is 0. The molecule has 0 N–H and O–H groups in total. The zero-order valence-electron chi connectivity index (χ0n) is 14.2. The van der Waals surface area contributed by atoms with Crippen LogP contribution in [0.1, 0.15) is 12.5 Å². The van der Waals surface area contributed by atoms with Gasteiger partial charge < -0.3 is 9.80 Å². The molecule has 1 aromatic rings. The fourth-order valence-electron chi connectivity index (χ4n) is 2.79. The molecule has 0 unspecified atom stereocenters. The van der Waals surface area contributed by atoms with E-state index in [1.165, 1.54) is 4.31 Å². The minimum atomic E-state index is -3.55. The number of sulfonamides is 1. The first-order valence-corrected chi connectivity index (χ1v) is 9.58. The number of hydrogen-bond donors (Lipinski definition) is 0. The predicted octanol–water partition coefficient (Wildman–Crippen LogP) is 0.924. The normalized spacial score (nSPS) is 17.8. The second-order valence-corrected chi connectivity index (χ2v) is 8.06. The molecule has 1 aromatic carbocycles. The molecule has 6 nitrogen and oxygen atoms in total. The number of aryl methyl sites for hydroxylation is 1. The third-order valence-corrected chi connectivity index (χ3v) is 5.41. The third kappa shape index (κ3) is 4.23. The van der Waals surface area contributed by atoms with Crippen LogP contribution in [0.4, 0.5) is 5.69 Å². The Hall–Kier alpha value is -1.60. The smallest absolute Gasteiger partial charge is 0.246 e. The van der Waals surface area contributed by atoms with E-state index in [1.54, 1.807) is 24.0 Å². The largest absolute Gasteiger partial charge is 0.338 e. The highest BCUT2D eigenvalue weighted by Gasteiger charge is 2.32. The summed E-state index contributed by atoms with van der Waals surface area (Å²) < 4.78 is 25.7. The Morgan fingerprint density at radius 1 is 1.13 bits per heavy atom. The average Bonchev–Trinajstić information content (AvgIpc) is 2.48. The van der Waals surface area contributed by atoms with Gasteiger partial charge in [0.1, 0.15) is 6.04 Å². The lowest BCUT2D eigenvalue weighted by Crippen LogP contribution is -2.54. The molecule has 0 radical (unpaired) electrons. The van der Waals surface area contributed by atoms with E-state index < -0.39 is 16.1 Å². The van der Waals surface area contributed by atoms with Gasteiger partial charge in [-0.2, -0.15) is 0 Å². The molecule has 23 heavy (non-hydrogen) atoms. The van der Waals surface area contributed by atoms with Gasteiger partial charge in [-0.05, 0) is 33.0 Å². The maximum Gasteiger partial charge on any atom is 0.246 e. The average molecular weight is 339 g/mol. The zero-order chi connectivity index (χ0) is 17.2. The minimum absolute atomic E-state index is 0.149. The quantitative estimate of drug-likeness (QED) is 0.819. The van der Waals surface area contributed by atoms with E-state index in [1.807, 2.05) is 26.1 Å². The number of piperazine rings is 1. The van der Waals surface area contributed by atoms with Crippen LogP contribution in [0.15, 0.2) is 24.3 Å². The minimum Gasteiger partial charge on any atom is -0.338 e. The van der Waals surface area contributed by atoms with E-state index in [-0.39, 0.29) is 5.91 Å². The number of amides is 1. The first kappa shape index (κ1) is 17.7. The van der Waals surface area contributed by atoms with Gasteiger partial charge in [0, 0.05) is 26.2 Å². The van der Waals surface area contributed by atoms with E-state index >= 15 is 0 Å². The van der Waals surface area contributed by atoms with Gasteiger partial charge >= 0.3 is 0 Å². The van der Waals surface area contributed by atoms with Crippen molar-refractivity contribution in [3.05, 3.63) is 29.8 Å². The number of carbonyl (C=O) groups excluding carboxylic acids is 1. The second kappa shape index (κ2) is 6.88. The first-order chi connectivity index (χ1) is 10.7. The van der Waals surface area contributed by atoms with E-state index in [0.717, 1.165) is 24.9 Å². The monoisotopic (exact) mass is 339 g/mol. The van der Waals surface area contributed by atoms with Crippen LogP contribution >= 0.6 is 0 Å². The van der Waals surface area contributed by atoms with Crippen molar-refractivity contribution < 1.29 is 13.2 Å². The number of nitrogens with zero attached hydrogens (tertiary/aromatic N) is 3. The highest BCUT2D eigenvalue weighted by atomic mass is 32.2. The summed E-state index contributed by atoms with van der Waals surface area (Å²) in [7, 11) is -1.53. The van der Waals surface area contributed by atoms with Crippen molar-refractivity contribution in [3.8, 4) is 0 Å². The molecule has 2 rings (SSSR count). The van der Waals surface area contributed by atoms with Crippen molar-refractivity contribution in [2.75, 3.05) is 43.8 Å². The van der Waals surface area contributed by atoms with Crippen LogP contribution in [-0.2, 0) is 14.8 Å². The molecule has 1 aliphatic heterocycles. The van der Waals surface area contributed by atoms with Gasteiger partial charge in [0.2, 0.25) is 15.9 Å². The second-order valence-electron chi connectivity index (χ2n) is 6.20. The summed E-state index contributed by atoms with van der Waals surface area (Å²) in [6, 6.07) is 6.42. The number of likely N-dealkylation sites (N-methyl/N-ethyl adjacent to an activating group) is 1.